The van der Waals surface area contributed by atoms with E-state index in [1.165, 1.54) is 5.38 Å². The second-order valence-electron chi connectivity index (χ2n) is 6.29. The third-order valence-electron chi connectivity index (χ3n) is 3.25. The van der Waals surface area contributed by atoms with Crippen molar-refractivity contribution in [2.75, 3.05) is 6.61 Å². The number of carboxylic acid groups (broad SMARTS) is 1. The molecule has 0 aliphatic heterocycles. The van der Waals surface area contributed by atoms with Gasteiger partial charge in [0.25, 0.3) is 0 Å². The molecule has 0 aliphatic rings. The third kappa shape index (κ3) is 4.16. The fourth-order valence-electron chi connectivity index (χ4n) is 2.06. The number of Topliss-reactive ketones (excluding diaryl/α,β-unsaturated/α-hetero) is 1. The number of thiazole rings is 1. The molecule has 6 heteroatoms. The Kier molecular flexibility index (Phi) is 4.85. The first-order valence-corrected chi connectivity index (χ1v) is 8.00. The number of carbonyl (C=O) groups excluding carboxylic acids is 2. The van der Waals surface area contributed by atoms with Gasteiger partial charge in [0.1, 0.15) is 5.75 Å². The molecule has 2 aromatic rings. The van der Waals surface area contributed by atoms with E-state index in [2.05, 4.69) is 25.8 Å². The van der Waals surface area contributed by atoms with E-state index in [-0.39, 0.29) is 28.5 Å². The van der Waals surface area contributed by atoms with Crippen LogP contribution in [-0.2, 0) is 5.41 Å². The van der Waals surface area contributed by atoms with Crippen molar-refractivity contribution in [3.05, 3.63) is 45.4 Å². The molecule has 1 aromatic heterocycles. The normalized spacial score (nSPS) is 11.3. The van der Waals surface area contributed by atoms with Gasteiger partial charge in [-0.2, -0.15) is 0 Å². The molecule has 0 unspecified atom stereocenters. The second-order valence-corrected chi connectivity index (χ2v) is 7.14. The highest BCUT2D eigenvalue weighted by atomic mass is 32.1. The van der Waals surface area contributed by atoms with Gasteiger partial charge < -0.3 is 14.6 Å². The topological polar surface area (TPSA) is 79.3 Å². The van der Waals surface area contributed by atoms with Gasteiger partial charge in [-0.25, -0.2) is 4.98 Å². The second kappa shape index (κ2) is 6.50. The van der Waals surface area contributed by atoms with E-state index in [0.717, 1.165) is 22.5 Å². The summed E-state index contributed by atoms with van der Waals surface area (Å²) in [5.41, 5.74) is 1.78. The minimum atomic E-state index is -1.39. The van der Waals surface area contributed by atoms with Crippen molar-refractivity contribution in [2.24, 2.45) is 0 Å². The average Bonchev–Trinajstić information content (AvgIpc) is 2.94. The van der Waals surface area contributed by atoms with Crippen LogP contribution in [0.3, 0.4) is 0 Å². The molecule has 0 saturated carbocycles. The lowest BCUT2D eigenvalue weighted by atomic mass is 9.85. The van der Waals surface area contributed by atoms with E-state index in [0.29, 0.717) is 5.75 Å². The largest absolute Gasteiger partial charge is 0.543 e. The van der Waals surface area contributed by atoms with Gasteiger partial charge in [-0.05, 0) is 24.0 Å². The maximum Gasteiger partial charge on any atom is 0.228 e. The Morgan fingerprint density at radius 3 is 2.57 bits per heavy atom. The number of nitrogens with zero attached hydrogens (tertiary/aromatic N) is 1. The van der Waals surface area contributed by atoms with E-state index in [4.69, 9.17) is 4.74 Å². The van der Waals surface area contributed by atoms with Crippen LogP contribution in [0.1, 0.15) is 52.2 Å². The van der Waals surface area contributed by atoms with E-state index in [9.17, 15) is 14.7 Å². The highest BCUT2D eigenvalue weighted by molar-refractivity contribution is 7.12. The average molecular weight is 332 g/mol. The SMILES string of the molecule is Cc1ccc(OCC(=O)c2nc(C(=O)[O-])cs2)c(C(C)(C)C)c1. The summed E-state index contributed by atoms with van der Waals surface area (Å²) in [4.78, 5) is 26.5. The molecule has 0 radical (unpaired) electrons. The van der Waals surface area contributed by atoms with Crippen LogP contribution < -0.4 is 9.84 Å². The fourth-order valence-corrected chi connectivity index (χ4v) is 2.77. The first-order chi connectivity index (χ1) is 10.7. The highest BCUT2D eigenvalue weighted by Crippen LogP contribution is 2.32. The van der Waals surface area contributed by atoms with Gasteiger partial charge in [0.15, 0.2) is 11.6 Å². The number of aryl methyl sites for hydroxylation is 1. The van der Waals surface area contributed by atoms with Crippen molar-refractivity contribution in [3.63, 3.8) is 0 Å². The Bertz CT molecular complexity index is 743. The Morgan fingerprint density at radius 1 is 1.30 bits per heavy atom. The maximum absolute atomic E-state index is 12.1. The number of ketones is 1. The van der Waals surface area contributed by atoms with Crippen molar-refractivity contribution in [1.29, 1.82) is 0 Å². The zero-order valence-electron chi connectivity index (χ0n) is 13.5. The predicted molar refractivity (Wildman–Crippen MR) is 86.1 cm³/mol. The summed E-state index contributed by atoms with van der Waals surface area (Å²) in [5.74, 6) is -1.11. The van der Waals surface area contributed by atoms with Gasteiger partial charge in [-0.3, -0.25) is 4.79 Å². The van der Waals surface area contributed by atoms with Gasteiger partial charge >= 0.3 is 0 Å². The van der Waals surface area contributed by atoms with Crippen molar-refractivity contribution in [2.45, 2.75) is 33.1 Å². The van der Waals surface area contributed by atoms with Crippen molar-refractivity contribution in [1.82, 2.24) is 4.98 Å². The zero-order valence-corrected chi connectivity index (χ0v) is 14.3. The van der Waals surface area contributed by atoms with Gasteiger partial charge in [-0.15, -0.1) is 11.3 Å². The molecule has 5 nitrogen and oxygen atoms in total. The van der Waals surface area contributed by atoms with Crippen LogP contribution in [0.25, 0.3) is 0 Å². The third-order valence-corrected chi connectivity index (χ3v) is 4.14. The van der Waals surface area contributed by atoms with E-state index < -0.39 is 5.97 Å². The summed E-state index contributed by atoms with van der Waals surface area (Å²) in [6.07, 6.45) is 0. The number of aromatic nitrogens is 1. The fraction of sp³-hybridized carbons (Fsp3) is 0.353. The molecule has 0 amide bonds. The smallest absolute Gasteiger partial charge is 0.228 e. The predicted octanol–water partition coefficient (Wildman–Crippen LogP) is 2.37. The Morgan fingerprint density at radius 2 is 2.00 bits per heavy atom. The number of carbonyl (C=O) groups is 2. The van der Waals surface area contributed by atoms with Crippen LogP contribution in [0.2, 0.25) is 0 Å². The number of ether oxygens (including phenoxy) is 1. The monoisotopic (exact) mass is 332 g/mol. The minimum absolute atomic E-state index is 0.105. The van der Waals surface area contributed by atoms with Gasteiger partial charge in [-0.1, -0.05) is 38.5 Å². The summed E-state index contributed by atoms with van der Waals surface area (Å²) in [5, 5.41) is 12.1. The lowest BCUT2D eigenvalue weighted by molar-refractivity contribution is -0.255. The molecule has 23 heavy (non-hydrogen) atoms. The van der Waals surface area contributed by atoms with Gasteiger partial charge in [0.2, 0.25) is 5.78 Å². The highest BCUT2D eigenvalue weighted by Gasteiger charge is 2.20. The molecule has 0 N–H and O–H groups in total. The number of hydrogen-bond acceptors (Lipinski definition) is 6. The van der Waals surface area contributed by atoms with E-state index in [1.54, 1.807) is 0 Å². The zero-order chi connectivity index (χ0) is 17.2. The molecule has 0 saturated heterocycles. The van der Waals surface area contributed by atoms with Crippen LogP contribution in [0.15, 0.2) is 23.6 Å². The van der Waals surface area contributed by atoms with Crippen LogP contribution >= 0.6 is 11.3 Å². The lowest BCUT2D eigenvalue weighted by Crippen LogP contribution is -2.23. The maximum atomic E-state index is 12.1. The van der Waals surface area contributed by atoms with Gasteiger partial charge in [0, 0.05) is 5.38 Å². The number of rotatable bonds is 5. The Labute approximate surface area is 138 Å². The van der Waals surface area contributed by atoms with Gasteiger partial charge in [0.05, 0.1) is 11.7 Å². The molecule has 1 heterocycles. The first kappa shape index (κ1) is 17.1. The van der Waals surface area contributed by atoms with Crippen LogP contribution in [0.4, 0.5) is 0 Å². The minimum Gasteiger partial charge on any atom is -0.543 e. The summed E-state index contributed by atoms with van der Waals surface area (Å²) >= 11 is 0.972. The molecule has 2 rings (SSSR count). The van der Waals surface area contributed by atoms with Crippen molar-refractivity contribution in [3.8, 4) is 5.75 Å². The molecule has 0 atom stereocenters. The Hall–Kier alpha value is -2.21. The summed E-state index contributed by atoms with van der Waals surface area (Å²) in [6.45, 7) is 8.03. The number of benzene rings is 1. The summed E-state index contributed by atoms with van der Waals surface area (Å²) in [7, 11) is 0. The van der Waals surface area contributed by atoms with Crippen molar-refractivity contribution >= 4 is 23.1 Å². The van der Waals surface area contributed by atoms with Crippen LogP contribution in [0.5, 0.6) is 5.75 Å². The number of carboxylic acids is 1. The quantitative estimate of drug-likeness (QED) is 0.785. The lowest BCUT2D eigenvalue weighted by Gasteiger charge is -2.23. The summed E-state index contributed by atoms with van der Waals surface area (Å²) < 4.78 is 5.66. The molecule has 0 fully saturated rings. The molecule has 0 aliphatic carbocycles. The summed E-state index contributed by atoms with van der Waals surface area (Å²) in [6, 6.07) is 5.81. The molecule has 0 spiro atoms. The van der Waals surface area contributed by atoms with Crippen LogP contribution in [0, 0.1) is 6.92 Å². The molecular formula is C17H18NO4S-. The Balaban J connectivity index is 2.14. The number of hydrogen-bond donors (Lipinski definition) is 0. The van der Waals surface area contributed by atoms with E-state index in [1.807, 2.05) is 25.1 Å². The van der Waals surface area contributed by atoms with Crippen LogP contribution in [-0.4, -0.2) is 23.3 Å². The number of aromatic carboxylic acids is 1. The first-order valence-electron chi connectivity index (χ1n) is 7.12. The van der Waals surface area contributed by atoms with E-state index >= 15 is 0 Å². The standard InChI is InChI=1S/C17H19NO4S/c1-10-5-6-14(11(7-10)17(2,3)4)22-8-13(19)15-18-12(9-23-15)16(20)21/h5-7,9H,8H2,1-4H3,(H,20,21)/p-1. The molecule has 1 aromatic carbocycles. The van der Waals surface area contributed by atoms with Crippen molar-refractivity contribution < 1.29 is 19.4 Å². The molecule has 122 valence electrons. The molecular weight excluding hydrogens is 314 g/mol. The molecule has 0 bridgehead atoms.